The van der Waals surface area contributed by atoms with E-state index >= 15 is 0 Å². The summed E-state index contributed by atoms with van der Waals surface area (Å²) >= 11 is 0. The molecule has 1 rings (SSSR count). The Morgan fingerprint density at radius 3 is 2.35 bits per heavy atom. The molecule has 0 bridgehead atoms. The maximum absolute atomic E-state index is 12.0. The van der Waals surface area contributed by atoms with Gasteiger partial charge in [-0.05, 0) is 25.7 Å². The Hall–Kier alpha value is -1.06. The van der Waals surface area contributed by atoms with Crippen LogP contribution in [0.1, 0.15) is 47.5 Å². The van der Waals surface area contributed by atoms with Crippen LogP contribution in [0.3, 0.4) is 0 Å². The van der Waals surface area contributed by atoms with Gasteiger partial charge in [-0.15, -0.1) is 0 Å². The van der Waals surface area contributed by atoms with Crippen molar-refractivity contribution in [2.24, 2.45) is 10.8 Å². The van der Waals surface area contributed by atoms with E-state index in [-0.39, 0.29) is 11.4 Å². The first kappa shape index (κ1) is 14.0. The summed E-state index contributed by atoms with van der Waals surface area (Å²) in [7, 11) is 0. The molecule has 1 aliphatic rings. The average molecular weight is 242 g/mol. The first-order valence-electron chi connectivity index (χ1n) is 5.99. The Morgan fingerprint density at radius 1 is 1.35 bits per heavy atom. The van der Waals surface area contributed by atoms with Crippen LogP contribution in [-0.2, 0) is 19.1 Å². The number of cyclic esters (lactones) is 1. The Kier molecular flexibility index (Phi) is 3.84. The van der Waals surface area contributed by atoms with Gasteiger partial charge < -0.3 is 9.47 Å². The van der Waals surface area contributed by atoms with Gasteiger partial charge in [0.1, 0.15) is 0 Å². The number of carbonyl (C=O) groups excluding carboxylic acids is 2. The van der Waals surface area contributed by atoms with Gasteiger partial charge in [0.2, 0.25) is 6.10 Å². The van der Waals surface area contributed by atoms with Crippen molar-refractivity contribution in [3.05, 3.63) is 0 Å². The van der Waals surface area contributed by atoms with Gasteiger partial charge in [0.15, 0.2) is 0 Å². The minimum Gasteiger partial charge on any atom is -0.463 e. The van der Waals surface area contributed by atoms with E-state index in [0.717, 1.165) is 0 Å². The molecule has 0 N–H and O–H groups in total. The second-order valence-electron chi connectivity index (χ2n) is 6.47. The molecular weight excluding hydrogens is 220 g/mol. The van der Waals surface area contributed by atoms with E-state index < -0.39 is 17.5 Å². The fraction of sp³-hybridized carbons (Fsp3) is 0.846. The molecule has 0 aromatic rings. The van der Waals surface area contributed by atoms with Crippen LogP contribution in [0.25, 0.3) is 0 Å². The third kappa shape index (κ3) is 4.02. The normalized spacial score (nSPS) is 21.2. The second-order valence-corrected chi connectivity index (χ2v) is 6.47. The van der Waals surface area contributed by atoms with E-state index in [9.17, 15) is 9.59 Å². The van der Waals surface area contributed by atoms with Gasteiger partial charge in [-0.3, -0.25) is 4.79 Å². The largest absolute Gasteiger partial charge is 0.463 e. The van der Waals surface area contributed by atoms with Crippen molar-refractivity contribution in [2.45, 2.75) is 53.6 Å². The smallest absolute Gasteiger partial charge is 0.347 e. The summed E-state index contributed by atoms with van der Waals surface area (Å²) in [5.74, 6) is -0.749. The molecule has 1 unspecified atom stereocenters. The van der Waals surface area contributed by atoms with E-state index in [2.05, 4.69) is 20.8 Å². The third-order valence-corrected chi connectivity index (χ3v) is 2.66. The molecule has 1 aliphatic heterocycles. The summed E-state index contributed by atoms with van der Waals surface area (Å²) in [5.41, 5.74) is -0.542. The van der Waals surface area contributed by atoms with Gasteiger partial charge in [0, 0.05) is 6.42 Å². The Labute approximate surface area is 103 Å². The second kappa shape index (κ2) is 4.67. The van der Waals surface area contributed by atoms with Crippen LogP contribution in [0.15, 0.2) is 0 Å². The molecule has 1 heterocycles. The fourth-order valence-corrected chi connectivity index (χ4v) is 2.27. The van der Waals surface area contributed by atoms with Crippen LogP contribution in [0, 0.1) is 10.8 Å². The predicted molar refractivity (Wildman–Crippen MR) is 63.3 cm³/mol. The zero-order chi connectivity index (χ0) is 13.3. The van der Waals surface area contributed by atoms with Gasteiger partial charge >= 0.3 is 11.9 Å². The highest BCUT2D eigenvalue weighted by Gasteiger charge is 2.38. The van der Waals surface area contributed by atoms with E-state index in [1.807, 2.05) is 13.8 Å². The lowest BCUT2D eigenvalue weighted by molar-refractivity contribution is -0.168. The minimum absolute atomic E-state index is 0.0404. The third-order valence-electron chi connectivity index (χ3n) is 2.66. The van der Waals surface area contributed by atoms with E-state index in [4.69, 9.17) is 9.47 Å². The van der Waals surface area contributed by atoms with Crippen LogP contribution in [0.5, 0.6) is 0 Å². The van der Waals surface area contributed by atoms with Gasteiger partial charge in [0.25, 0.3) is 0 Å². The molecule has 0 aromatic carbocycles. The van der Waals surface area contributed by atoms with Crippen molar-refractivity contribution in [1.82, 2.24) is 0 Å². The lowest BCUT2D eigenvalue weighted by Gasteiger charge is -2.30. The maximum atomic E-state index is 12.0. The van der Waals surface area contributed by atoms with E-state index in [1.165, 1.54) is 0 Å². The molecule has 0 radical (unpaired) electrons. The topological polar surface area (TPSA) is 52.6 Å². The Balaban J connectivity index is 2.59. The number of hydrogen-bond donors (Lipinski definition) is 0. The highest BCUT2D eigenvalue weighted by molar-refractivity contribution is 5.82. The molecule has 1 saturated heterocycles. The van der Waals surface area contributed by atoms with Crippen molar-refractivity contribution in [1.29, 1.82) is 0 Å². The van der Waals surface area contributed by atoms with Crippen molar-refractivity contribution >= 4 is 11.9 Å². The summed E-state index contributed by atoms with van der Waals surface area (Å²) in [6, 6.07) is 0. The quantitative estimate of drug-likeness (QED) is 0.713. The van der Waals surface area contributed by atoms with Gasteiger partial charge in [-0.2, -0.15) is 0 Å². The number of carbonyl (C=O) groups is 2. The number of ether oxygens (including phenoxy) is 2. The first-order chi connectivity index (χ1) is 7.62. The number of esters is 2. The van der Waals surface area contributed by atoms with Crippen molar-refractivity contribution in [2.75, 3.05) is 6.61 Å². The van der Waals surface area contributed by atoms with Crippen LogP contribution >= 0.6 is 0 Å². The molecule has 17 heavy (non-hydrogen) atoms. The standard InChI is InChI=1S/C13H22O4/c1-12(2,3)8-13(4,5)11(15)17-9-6-7-16-10(9)14/h9H,6-8H2,1-5H3. The molecule has 1 atom stereocenters. The minimum atomic E-state index is -0.707. The Bertz CT molecular complexity index is 312. The molecule has 98 valence electrons. The summed E-state index contributed by atoms with van der Waals surface area (Å²) in [5, 5.41) is 0. The highest BCUT2D eigenvalue weighted by atomic mass is 16.6. The zero-order valence-electron chi connectivity index (χ0n) is 11.3. The summed E-state index contributed by atoms with van der Waals surface area (Å²) in [6.45, 7) is 10.3. The molecular formula is C13H22O4. The maximum Gasteiger partial charge on any atom is 0.347 e. The van der Waals surface area contributed by atoms with E-state index in [1.54, 1.807) is 0 Å². The molecule has 1 fully saturated rings. The van der Waals surface area contributed by atoms with Gasteiger partial charge in [-0.1, -0.05) is 20.8 Å². The summed E-state index contributed by atoms with van der Waals surface area (Å²) in [6.07, 6.45) is 0.471. The number of hydrogen-bond acceptors (Lipinski definition) is 4. The zero-order valence-corrected chi connectivity index (χ0v) is 11.3. The van der Waals surface area contributed by atoms with Crippen LogP contribution < -0.4 is 0 Å². The van der Waals surface area contributed by atoms with Crippen LogP contribution in [-0.4, -0.2) is 24.6 Å². The molecule has 4 nitrogen and oxygen atoms in total. The number of rotatable bonds is 3. The van der Waals surface area contributed by atoms with E-state index in [0.29, 0.717) is 19.4 Å². The van der Waals surface area contributed by atoms with Gasteiger partial charge in [-0.25, -0.2) is 4.79 Å². The average Bonchev–Trinajstić information content (AvgIpc) is 2.47. The van der Waals surface area contributed by atoms with Gasteiger partial charge in [0.05, 0.1) is 12.0 Å². The van der Waals surface area contributed by atoms with Crippen LogP contribution in [0.2, 0.25) is 0 Å². The lowest BCUT2D eigenvalue weighted by atomic mass is 9.76. The van der Waals surface area contributed by atoms with Crippen molar-refractivity contribution in [3.8, 4) is 0 Å². The highest BCUT2D eigenvalue weighted by Crippen LogP contribution is 2.34. The summed E-state index contributed by atoms with van der Waals surface area (Å²) < 4.78 is 9.98. The molecule has 0 aromatic heterocycles. The molecule has 0 amide bonds. The SMILES string of the molecule is CC(C)(C)CC(C)(C)C(=O)OC1CCOC1=O. The molecule has 0 aliphatic carbocycles. The fourth-order valence-electron chi connectivity index (χ4n) is 2.27. The van der Waals surface area contributed by atoms with Crippen molar-refractivity contribution < 1.29 is 19.1 Å². The first-order valence-corrected chi connectivity index (χ1v) is 5.99. The monoisotopic (exact) mass is 242 g/mol. The lowest BCUT2D eigenvalue weighted by Crippen LogP contribution is -2.35. The predicted octanol–water partition coefficient (Wildman–Crippen LogP) is 2.31. The molecule has 0 spiro atoms. The van der Waals surface area contributed by atoms with Crippen LogP contribution in [0.4, 0.5) is 0 Å². The molecule has 0 saturated carbocycles. The Morgan fingerprint density at radius 2 is 1.94 bits per heavy atom. The van der Waals surface area contributed by atoms with Crippen molar-refractivity contribution in [3.63, 3.8) is 0 Å². The summed E-state index contributed by atoms with van der Waals surface area (Å²) in [4.78, 5) is 23.2. The molecule has 4 heteroatoms.